The number of halogens is 4. The Kier molecular flexibility index (Phi) is 6.55. The Morgan fingerprint density at radius 1 is 1.24 bits per heavy atom. The minimum Gasteiger partial charge on any atom is -0.474 e. The van der Waals surface area contributed by atoms with Crippen LogP contribution in [-0.2, 0) is 0 Å². The van der Waals surface area contributed by atoms with Crippen molar-refractivity contribution in [2.75, 3.05) is 6.61 Å². The quantitative estimate of drug-likeness (QED) is 0.352. The fourth-order valence-corrected chi connectivity index (χ4v) is 4.00. The van der Waals surface area contributed by atoms with Crippen LogP contribution < -0.4 is 9.46 Å². The van der Waals surface area contributed by atoms with Gasteiger partial charge in [0.2, 0.25) is 5.88 Å². The lowest BCUT2D eigenvalue weighted by Gasteiger charge is -2.24. The molecular weight excluding hydrogens is 481 g/mol. The molecule has 1 aliphatic carbocycles. The molecule has 1 amide bonds. The second kappa shape index (κ2) is 9.24. The van der Waals surface area contributed by atoms with E-state index in [4.69, 9.17) is 16.3 Å². The summed E-state index contributed by atoms with van der Waals surface area (Å²) >= 11 is 7.31. The summed E-state index contributed by atoms with van der Waals surface area (Å²) in [6.07, 6.45) is -4.93. The van der Waals surface area contributed by atoms with Crippen molar-refractivity contribution in [1.29, 1.82) is 0 Å². The standard InChI is InChI=1S/C21H18ClF3N4O3S/c22-18-14(19(31)28-33-13-4-2-1-3-5-13)6-7-16(26-18)29-11-8-17(27-29)32-12-15(30)20(9-10-20)21(23,24)25/h1-8,11,15,30H,9-10,12H2,(H,28,31). The van der Waals surface area contributed by atoms with Crippen molar-refractivity contribution in [3.63, 3.8) is 0 Å². The molecule has 2 aromatic heterocycles. The van der Waals surface area contributed by atoms with Crippen molar-refractivity contribution < 1.29 is 27.8 Å². The third-order valence-electron chi connectivity index (χ3n) is 5.26. The smallest absolute Gasteiger partial charge is 0.397 e. The molecule has 0 radical (unpaired) electrons. The van der Waals surface area contributed by atoms with Crippen molar-refractivity contribution in [2.24, 2.45) is 5.41 Å². The van der Waals surface area contributed by atoms with Crippen LogP contribution in [0.3, 0.4) is 0 Å². The van der Waals surface area contributed by atoms with Crippen molar-refractivity contribution in [1.82, 2.24) is 19.5 Å². The number of hydrogen-bond donors (Lipinski definition) is 2. The normalized spacial score (nSPS) is 15.7. The zero-order valence-electron chi connectivity index (χ0n) is 16.9. The van der Waals surface area contributed by atoms with Gasteiger partial charge in [0.1, 0.15) is 17.9 Å². The Bertz CT molecular complexity index is 1140. The largest absolute Gasteiger partial charge is 0.474 e. The van der Waals surface area contributed by atoms with E-state index in [-0.39, 0.29) is 35.3 Å². The zero-order chi connectivity index (χ0) is 23.6. The Morgan fingerprint density at radius 2 is 1.97 bits per heavy atom. The van der Waals surface area contributed by atoms with Crippen LogP contribution >= 0.6 is 23.5 Å². The molecule has 1 atom stereocenters. The van der Waals surface area contributed by atoms with Gasteiger partial charge >= 0.3 is 6.18 Å². The number of alkyl halides is 3. The van der Waals surface area contributed by atoms with Gasteiger partial charge in [0.25, 0.3) is 5.91 Å². The second-order valence-electron chi connectivity index (χ2n) is 7.43. The van der Waals surface area contributed by atoms with Crippen molar-refractivity contribution >= 4 is 29.5 Å². The number of hydrogen-bond acceptors (Lipinski definition) is 6. The predicted molar refractivity (Wildman–Crippen MR) is 115 cm³/mol. The SMILES string of the molecule is O=C(NSc1ccccc1)c1ccc(-n2ccc(OCC(O)C3(C(F)(F)F)CC3)n2)nc1Cl. The van der Waals surface area contributed by atoms with Gasteiger partial charge in [0.15, 0.2) is 5.82 Å². The van der Waals surface area contributed by atoms with Crippen molar-refractivity contribution in [3.8, 4) is 11.7 Å². The Labute approximate surface area is 196 Å². The van der Waals surface area contributed by atoms with Gasteiger partial charge in [-0.25, -0.2) is 9.67 Å². The van der Waals surface area contributed by atoms with E-state index in [0.29, 0.717) is 0 Å². The molecule has 1 saturated carbocycles. The van der Waals surface area contributed by atoms with Crippen LogP contribution in [0.4, 0.5) is 13.2 Å². The number of carbonyl (C=O) groups is 1. The molecular formula is C21H18ClF3N4O3S. The molecule has 3 aromatic rings. The first-order chi connectivity index (χ1) is 15.7. The maximum atomic E-state index is 13.1. The van der Waals surface area contributed by atoms with Gasteiger partial charge in [0, 0.05) is 17.2 Å². The number of pyridine rings is 1. The average Bonchev–Trinajstić information content (AvgIpc) is 3.49. The lowest BCUT2D eigenvalue weighted by atomic mass is 9.99. The number of rotatable bonds is 8. The van der Waals surface area contributed by atoms with E-state index in [1.54, 1.807) is 0 Å². The van der Waals surface area contributed by atoms with Crippen LogP contribution in [0.1, 0.15) is 23.2 Å². The van der Waals surface area contributed by atoms with Crippen molar-refractivity contribution in [3.05, 3.63) is 65.4 Å². The number of carbonyl (C=O) groups excluding carboxylic acids is 1. The van der Waals surface area contributed by atoms with Crippen LogP contribution in [0, 0.1) is 5.41 Å². The van der Waals surface area contributed by atoms with Gasteiger partial charge in [-0.05, 0) is 49.1 Å². The molecule has 174 valence electrons. The van der Waals surface area contributed by atoms with E-state index in [1.165, 1.54) is 29.1 Å². The maximum Gasteiger partial charge on any atom is 0.397 e. The van der Waals surface area contributed by atoms with E-state index in [1.807, 2.05) is 30.3 Å². The molecule has 7 nitrogen and oxygen atoms in total. The van der Waals surface area contributed by atoms with Gasteiger partial charge in [0.05, 0.1) is 11.0 Å². The molecule has 12 heteroatoms. The molecule has 1 aliphatic rings. The van der Waals surface area contributed by atoms with Gasteiger partial charge in [-0.3, -0.25) is 9.52 Å². The van der Waals surface area contributed by atoms with Crippen LogP contribution in [0.2, 0.25) is 5.15 Å². The van der Waals surface area contributed by atoms with Gasteiger partial charge in [-0.1, -0.05) is 29.8 Å². The molecule has 0 saturated heterocycles. The number of aromatic nitrogens is 3. The summed E-state index contributed by atoms with van der Waals surface area (Å²) in [5, 5.41) is 14.0. The van der Waals surface area contributed by atoms with E-state index in [9.17, 15) is 23.1 Å². The Hall–Kier alpha value is -2.76. The lowest BCUT2D eigenvalue weighted by molar-refractivity contribution is -0.217. The lowest BCUT2D eigenvalue weighted by Crippen LogP contribution is -2.39. The molecule has 33 heavy (non-hydrogen) atoms. The minimum atomic E-state index is -4.48. The number of nitrogens with one attached hydrogen (secondary N) is 1. The number of aliphatic hydroxyl groups excluding tert-OH is 1. The highest BCUT2D eigenvalue weighted by atomic mass is 35.5. The average molecular weight is 499 g/mol. The number of aliphatic hydroxyl groups is 1. The van der Waals surface area contributed by atoms with Gasteiger partial charge in [-0.2, -0.15) is 13.2 Å². The molecule has 2 heterocycles. The maximum absolute atomic E-state index is 13.1. The molecule has 1 unspecified atom stereocenters. The highest BCUT2D eigenvalue weighted by Crippen LogP contribution is 2.59. The van der Waals surface area contributed by atoms with Crippen molar-refractivity contribution in [2.45, 2.75) is 30.0 Å². The summed E-state index contributed by atoms with van der Waals surface area (Å²) < 4.78 is 48.4. The molecule has 0 spiro atoms. The first-order valence-corrected chi connectivity index (χ1v) is 11.0. The molecule has 1 aromatic carbocycles. The van der Waals surface area contributed by atoms with Crippen LogP contribution in [0.5, 0.6) is 5.88 Å². The Morgan fingerprint density at radius 3 is 2.61 bits per heavy atom. The van der Waals surface area contributed by atoms with E-state index in [2.05, 4.69) is 14.8 Å². The zero-order valence-corrected chi connectivity index (χ0v) is 18.5. The topological polar surface area (TPSA) is 89.3 Å². The summed E-state index contributed by atoms with van der Waals surface area (Å²) in [6, 6.07) is 13.7. The Balaban J connectivity index is 1.37. The van der Waals surface area contributed by atoms with E-state index < -0.39 is 30.2 Å². The number of nitrogens with zero attached hydrogens (tertiary/aromatic N) is 3. The summed E-state index contributed by atoms with van der Waals surface area (Å²) in [6.45, 7) is -0.539. The van der Waals surface area contributed by atoms with E-state index in [0.717, 1.165) is 16.8 Å². The second-order valence-corrected chi connectivity index (χ2v) is 8.67. The first kappa shape index (κ1) is 23.4. The summed E-state index contributed by atoms with van der Waals surface area (Å²) in [5.74, 6) is -0.132. The highest BCUT2D eigenvalue weighted by Gasteiger charge is 2.67. The fourth-order valence-electron chi connectivity index (χ4n) is 3.15. The van der Waals surface area contributed by atoms with Gasteiger partial charge < -0.3 is 9.84 Å². The molecule has 4 rings (SSSR count). The first-order valence-electron chi connectivity index (χ1n) is 9.82. The number of benzene rings is 1. The summed E-state index contributed by atoms with van der Waals surface area (Å²) in [7, 11) is 0. The molecule has 2 N–H and O–H groups in total. The fraction of sp³-hybridized carbons (Fsp3) is 0.286. The molecule has 1 fully saturated rings. The van der Waals surface area contributed by atoms with Crippen LogP contribution in [-0.4, -0.2) is 44.7 Å². The molecule has 0 bridgehead atoms. The number of ether oxygens (including phenoxy) is 1. The highest BCUT2D eigenvalue weighted by molar-refractivity contribution is 7.98. The van der Waals surface area contributed by atoms with Crippen LogP contribution in [0.15, 0.2) is 59.6 Å². The monoisotopic (exact) mass is 498 g/mol. The third-order valence-corrected chi connectivity index (χ3v) is 6.35. The summed E-state index contributed by atoms with van der Waals surface area (Å²) in [4.78, 5) is 17.4. The van der Waals surface area contributed by atoms with E-state index >= 15 is 0 Å². The molecule has 0 aliphatic heterocycles. The number of amides is 1. The van der Waals surface area contributed by atoms with Gasteiger partial charge in [-0.15, -0.1) is 5.10 Å². The third kappa shape index (κ3) is 5.10. The minimum absolute atomic E-state index is 0.0195. The summed E-state index contributed by atoms with van der Waals surface area (Å²) in [5.41, 5.74) is -1.93. The predicted octanol–water partition coefficient (Wildman–Crippen LogP) is 4.44. The van der Waals surface area contributed by atoms with Crippen LogP contribution in [0.25, 0.3) is 5.82 Å².